The molecule has 3 aromatic rings. The monoisotopic (exact) mass is 479 g/mol. The van der Waals surface area contributed by atoms with Gasteiger partial charge in [-0.1, -0.05) is 44.4 Å². The van der Waals surface area contributed by atoms with Crippen molar-refractivity contribution >= 4 is 5.91 Å². The van der Waals surface area contributed by atoms with Gasteiger partial charge in [0, 0.05) is 24.3 Å². The number of aromatic nitrogens is 2. The molecule has 4 rings (SSSR count). The first-order valence-electron chi connectivity index (χ1n) is 12.2. The van der Waals surface area contributed by atoms with Crippen molar-refractivity contribution in [2.24, 2.45) is 0 Å². The van der Waals surface area contributed by atoms with Gasteiger partial charge in [-0.25, -0.2) is 0 Å². The number of H-pyrrole nitrogens is 1. The number of aliphatic hydroxyl groups is 1. The summed E-state index contributed by atoms with van der Waals surface area (Å²) in [7, 11) is 1.60. The van der Waals surface area contributed by atoms with Crippen molar-refractivity contribution < 1.29 is 24.5 Å². The molecule has 8 heteroatoms. The van der Waals surface area contributed by atoms with Gasteiger partial charge < -0.3 is 24.6 Å². The number of fused-ring (bicyclic) bond motifs is 1. The van der Waals surface area contributed by atoms with Gasteiger partial charge in [-0.2, -0.15) is 5.10 Å². The fourth-order valence-electron chi connectivity index (χ4n) is 4.58. The number of carbonyl (C=O) groups excluding carboxylic acids is 1. The molecule has 0 aliphatic carbocycles. The second-order valence-corrected chi connectivity index (χ2v) is 8.68. The SMILES string of the molecule is CCCCCCOc1ccc(C2c3c(-c4ccccc4O)n[nH]c3C(=O)N2CCCO)cc1OC. The summed E-state index contributed by atoms with van der Waals surface area (Å²) in [6, 6.07) is 12.2. The Bertz CT molecular complexity index is 1160. The standard InChI is InChI=1S/C27H33N3O5/c1-3-4-5-8-16-35-21-13-12-18(17-22(21)34-2)26-23-24(19-10-6-7-11-20(19)32)28-29-25(23)27(33)30(26)14-9-15-31/h6-7,10-13,17,26,31-32H,3-5,8-9,14-16H2,1-2H3,(H,28,29). The van der Waals surface area contributed by atoms with Crippen LogP contribution in [0.15, 0.2) is 42.5 Å². The molecule has 1 aliphatic rings. The zero-order chi connectivity index (χ0) is 24.8. The number of benzene rings is 2. The lowest BCUT2D eigenvalue weighted by molar-refractivity contribution is 0.0732. The van der Waals surface area contributed by atoms with Gasteiger partial charge in [-0.05, 0) is 42.7 Å². The van der Waals surface area contributed by atoms with Crippen LogP contribution >= 0.6 is 0 Å². The number of nitrogens with one attached hydrogen (secondary N) is 1. The van der Waals surface area contributed by atoms with Crippen LogP contribution < -0.4 is 9.47 Å². The lowest BCUT2D eigenvalue weighted by Gasteiger charge is -2.27. The number of methoxy groups -OCH3 is 1. The van der Waals surface area contributed by atoms with Crippen molar-refractivity contribution in [1.29, 1.82) is 0 Å². The maximum absolute atomic E-state index is 13.3. The van der Waals surface area contributed by atoms with Crippen LogP contribution in [-0.4, -0.2) is 58.1 Å². The average Bonchev–Trinajstić information content (AvgIpc) is 3.41. The Labute approximate surface area is 205 Å². The molecule has 0 fully saturated rings. The number of hydrogen-bond acceptors (Lipinski definition) is 6. The van der Waals surface area contributed by atoms with Gasteiger partial charge in [0.15, 0.2) is 11.5 Å². The zero-order valence-electron chi connectivity index (χ0n) is 20.3. The predicted molar refractivity (Wildman–Crippen MR) is 133 cm³/mol. The molecule has 0 saturated carbocycles. The number of aromatic amines is 1. The molecule has 0 bridgehead atoms. The van der Waals surface area contributed by atoms with E-state index in [9.17, 15) is 15.0 Å². The van der Waals surface area contributed by atoms with E-state index in [4.69, 9.17) is 9.47 Å². The predicted octanol–water partition coefficient (Wildman–Crippen LogP) is 4.68. The van der Waals surface area contributed by atoms with Gasteiger partial charge >= 0.3 is 0 Å². The second-order valence-electron chi connectivity index (χ2n) is 8.68. The van der Waals surface area contributed by atoms with Crippen molar-refractivity contribution in [1.82, 2.24) is 15.1 Å². The minimum atomic E-state index is -0.454. The number of nitrogens with zero attached hydrogens (tertiary/aromatic N) is 2. The Hall–Kier alpha value is -3.52. The van der Waals surface area contributed by atoms with Crippen molar-refractivity contribution in [2.45, 2.75) is 45.1 Å². The van der Waals surface area contributed by atoms with Crippen LogP contribution in [0.3, 0.4) is 0 Å². The molecule has 0 radical (unpaired) electrons. The molecule has 8 nitrogen and oxygen atoms in total. The summed E-state index contributed by atoms with van der Waals surface area (Å²) < 4.78 is 11.6. The summed E-state index contributed by atoms with van der Waals surface area (Å²) in [5, 5.41) is 27.2. The minimum absolute atomic E-state index is 0.0247. The van der Waals surface area contributed by atoms with Crippen LogP contribution in [0.4, 0.5) is 0 Å². The highest BCUT2D eigenvalue weighted by Crippen LogP contribution is 2.45. The topological polar surface area (TPSA) is 108 Å². The molecule has 186 valence electrons. The number of aromatic hydroxyl groups is 1. The van der Waals surface area contributed by atoms with Gasteiger partial charge in [-0.3, -0.25) is 9.89 Å². The molecular formula is C27H33N3O5. The molecule has 1 unspecified atom stereocenters. The average molecular weight is 480 g/mol. The van der Waals surface area contributed by atoms with Crippen molar-refractivity contribution in [3.05, 3.63) is 59.3 Å². The van der Waals surface area contributed by atoms with E-state index in [-0.39, 0.29) is 18.3 Å². The maximum Gasteiger partial charge on any atom is 0.273 e. The van der Waals surface area contributed by atoms with Gasteiger partial charge in [0.25, 0.3) is 5.91 Å². The van der Waals surface area contributed by atoms with E-state index in [0.717, 1.165) is 18.4 Å². The lowest BCUT2D eigenvalue weighted by atomic mass is 9.95. The molecule has 1 atom stereocenters. The number of aliphatic hydroxyl groups excluding tert-OH is 1. The van der Waals surface area contributed by atoms with Gasteiger partial charge in [0.2, 0.25) is 0 Å². The van der Waals surface area contributed by atoms with E-state index >= 15 is 0 Å². The summed E-state index contributed by atoms with van der Waals surface area (Å²) in [5.74, 6) is 1.15. The van der Waals surface area contributed by atoms with Crippen LogP contribution in [0.25, 0.3) is 11.3 Å². The molecule has 0 spiro atoms. The van der Waals surface area contributed by atoms with E-state index in [1.54, 1.807) is 30.2 Å². The zero-order valence-corrected chi connectivity index (χ0v) is 20.3. The van der Waals surface area contributed by atoms with E-state index in [1.807, 2.05) is 24.3 Å². The Kier molecular flexibility index (Phi) is 7.92. The van der Waals surface area contributed by atoms with Gasteiger partial charge in [-0.15, -0.1) is 0 Å². The first-order valence-corrected chi connectivity index (χ1v) is 12.2. The van der Waals surface area contributed by atoms with Crippen LogP contribution in [0.1, 0.15) is 66.7 Å². The third-order valence-corrected chi connectivity index (χ3v) is 6.34. The number of ether oxygens (including phenoxy) is 2. The molecule has 35 heavy (non-hydrogen) atoms. The van der Waals surface area contributed by atoms with Crippen LogP contribution in [0.2, 0.25) is 0 Å². The third-order valence-electron chi connectivity index (χ3n) is 6.34. The first kappa shape index (κ1) is 24.6. The quantitative estimate of drug-likeness (QED) is 0.326. The summed E-state index contributed by atoms with van der Waals surface area (Å²) in [5.41, 5.74) is 3.00. The fourth-order valence-corrected chi connectivity index (χ4v) is 4.58. The Morgan fingerprint density at radius 1 is 1.09 bits per heavy atom. The number of unbranched alkanes of at least 4 members (excludes halogenated alkanes) is 3. The van der Waals surface area contributed by atoms with Gasteiger partial charge in [0.1, 0.15) is 17.1 Å². The van der Waals surface area contributed by atoms with E-state index in [1.165, 1.54) is 12.8 Å². The van der Waals surface area contributed by atoms with Crippen molar-refractivity contribution in [2.75, 3.05) is 26.9 Å². The maximum atomic E-state index is 13.3. The summed E-state index contributed by atoms with van der Waals surface area (Å²) in [4.78, 5) is 15.0. The van der Waals surface area contributed by atoms with Crippen LogP contribution in [0, 0.1) is 0 Å². The number of phenols is 1. The number of rotatable bonds is 12. The number of hydrogen-bond donors (Lipinski definition) is 3. The molecule has 1 aromatic heterocycles. The summed E-state index contributed by atoms with van der Waals surface area (Å²) in [6.45, 7) is 3.14. The number of phenolic OH excluding ortho intramolecular Hbond substituents is 1. The highest BCUT2D eigenvalue weighted by atomic mass is 16.5. The summed E-state index contributed by atoms with van der Waals surface area (Å²) in [6.07, 6.45) is 4.91. The Morgan fingerprint density at radius 2 is 1.91 bits per heavy atom. The Morgan fingerprint density at radius 3 is 2.66 bits per heavy atom. The Balaban J connectivity index is 1.71. The highest BCUT2D eigenvalue weighted by molar-refractivity contribution is 6.00. The molecule has 2 heterocycles. The third kappa shape index (κ3) is 4.98. The smallest absolute Gasteiger partial charge is 0.273 e. The molecule has 1 amide bonds. The molecule has 2 aromatic carbocycles. The lowest BCUT2D eigenvalue weighted by Crippen LogP contribution is -2.31. The van der Waals surface area contributed by atoms with Crippen molar-refractivity contribution in [3.8, 4) is 28.5 Å². The summed E-state index contributed by atoms with van der Waals surface area (Å²) >= 11 is 0. The normalized spacial score (nSPS) is 14.9. The molecule has 0 saturated heterocycles. The van der Waals surface area contributed by atoms with Crippen molar-refractivity contribution in [3.63, 3.8) is 0 Å². The largest absolute Gasteiger partial charge is 0.507 e. The second kappa shape index (κ2) is 11.3. The highest BCUT2D eigenvalue weighted by Gasteiger charge is 2.42. The van der Waals surface area contributed by atoms with E-state index in [0.29, 0.717) is 53.6 Å². The van der Waals surface area contributed by atoms with Gasteiger partial charge in [0.05, 0.1) is 19.8 Å². The minimum Gasteiger partial charge on any atom is -0.507 e. The molecule has 3 N–H and O–H groups in total. The number of carbonyl (C=O) groups is 1. The first-order chi connectivity index (χ1) is 17.1. The number of amides is 1. The van der Waals surface area contributed by atoms with E-state index in [2.05, 4.69) is 17.1 Å². The van der Waals surface area contributed by atoms with Crippen LogP contribution in [0.5, 0.6) is 17.2 Å². The molecule has 1 aliphatic heterocycles. The van der Waals surface area contributed by atoms with E-state index < -0.39 is 6.04 Å². The number of para-hydroxylation sites is 1. The molecular weight excluding hydrogens is 446 g/mol. The fraction of sp³-hybridized carbons (Fsp3) is 0.407. The van der Waals surface area contributed by atoms with Crippen LogP contribution in [-0.2, 0) is 0 Å².